The largest absolute Gasteiger partial charge is 0.374 e. The van der Waals surface area contributed by atoms with E-state index in [1.54, 1.807) is 0 Å². The lowest BCUT2D eigenvalue weighted by Crippen LogP contribution is -2.30. The number of rotatable bonds is 4. The van der Waals surface area contributed by atoms with Gasteiger partial charge in [0.25, 0.3) is 0 Å². The molecule has 300 valence electrons. The molecule has 0 amide bonds. The first kappa shape index (κ1) is 39.1. The molecule has 3 aliphatic rings. The standard InChI is InChI=1S/C56H56N4/c1-29-21-33(5)49(34(6)22-29)53-41-13-15-43(57-41)54(50-35(7)23-30(2)24-36(50)8)45-17-19-47(59-45)56(52-39(11)27-32(4)28-40(52)12)48-20-18-46(60-48)55(44-16-14-42(53)58-44)51-37(9)25-31(3)26-38(51)10/h13-28,41,57-59H,1-12H3. The average molecular weight is 785 g/mol. The SMILES string of the molecule is Cc1cc(C)c(C2=C3C=CC(=N3)C(c3c(C)cc(C)cc3C)=c3ccc([nH]3)=C(c3c(C)cc(C)cc3C)C3C=CC(=C(c4c(C)cc(C)cc4C)c4ccc2[nH]4)N3)c(C)c1. The number of benzene rings is 4. The molecule has 3 aliphatic heterocycles. The summed E-state index contributed by atoms with van der Waals surface area (Å²) in [5, 5.41) is 6.25. The number of nitrogens with one attached hydrogen (secondary N) is 3. The van der Waals surface area contributed by atoms with Crippen molar-refractivity contribution in [2.75, 3.05) is 0 Å². The highest BCUT2D eigenvalue weighted by atomic mass is 15.0. The summed E-state index contributed by atoms with van der Waals surface area (Å²) in [7, 11) is 0. The van der Waals surface area contributed by atoms with Crippen molar-refractivity contribution < 1.29 is 0 Å². The third-order valence-corrected chi connectivity index (χ3v) is 12.7. The van der Waals surface area contributed by atoms with Gasteiger partial charge in [0.1, 0.15) is 0 Å². The number of aliphatic imine (C=N–C) groups is 1. The maximum atomic E-state index is 5.64. The Morgan fingerprint density at radius 2 is 0.850 bits per heavy atom. The molecule has 4 aromatic carbocycles. The van der Waals surface area contributed by atoms with Gasteiger partial charge >= 0.3 is 0 Å². The van der Waals surface area contributed by atoms with Crippen molar-refractivity contribution in [3.8, 4) is 0 Å². The maximum absolute atomic E-state index is 5.64. The highest BCUT2D eigenvalue weighted by molar-refractivity contribution is 6.31. The van der Waals surface area contributed by atoms with Gasteiger partial charge in [-0.2, -0.15) is 0 Å². The van der Waals surface area contributed by atoms with Gasteiger partial charge in [-0.15, -0.1) is 0 Å². The number of allylic oxidation sites excluding steroid dienone is 3. The molecule has 1 atom stereocenters. The average Bonchev–Trinajstić information content (AvgIpc) is 3.99. The zero-order valence-electron chi connectivity index (χ0n) is 37.3. The van der Waals surface area contributed by atoms with Crippen LogP contribution in [0, 0.1) is 83.1 Å². The van der Waals surface area contributed by atoms with Crippen molar-refractivity contribution in [1.29, 1.82) is 0 Å². The lowest BCUT2D eigenvalue weighted by atomic mass is 9.89. The molecule has 0 spiro atoms. The molecule has 0 saturated heterocycles. The topological polar surface area (TPSA) is 56.0 Å². The fourth-order valence-electron chi connectivity index (χ4n) is 10.8. The molecular formula is C56H56N4. The van der Waals surface area contributed by atoms with E-state index in [0.717, 1.165) is 50.3 Å². The number of hydrogen-bond donors (Lipinski definition) is 3. The Kier molecular flexibility index (Phi) is 9.58. The summed E-state index contributed by atoms with van der Waals surface area (Å²) in [5.74, 6) is 0. The Hall–Kier alpha value is -6.39. The predicted octanol–water partition coefficient (Wildman–Crippen LogP) is 11.2. The molecule has 9 rings (SSSR count). The van der Waals surface area contributed by atoms with E-state index in [1.807, 2.05) is 0 Å². The van der Waals surface area contributed by atoms with E-state index >= 15 is 0 Å². The summed E-state index contributed by atoms with van der Waals surface area (Å²) in [4.78, 5) is 13.7. The van der Waals surface area contributed by atoms with Crippen LogP contribution in [-0.2, 0) is 0 Å². The molecule has 4 heteroatoms. The molecule has 4 nitrogen and oxygen atoms in total. The molecule has 0 fully saturated rings. The van der Waals surface area contributed by atoms with E-state index in [-0.39, 0.29) is 6.04 Å². The van der Waals surface area contributed by atoms with E-state index in [9.17, 15) is 0 Å². The van der Waals surface area contributed by atoms with E-state index in [2.05, 4.69) is 195 Å². The minimum Gasteiger partial charge on any atom is -0.374 e. The van der Waals surface area contributed by atoms with E-state index < -0.39 is 0 Å². The van der Waals surface area contributed by atoms with E-state index in [4.69, 9.17) is 4.99 Å². The van der Waals surface area contributed by atoms with E-state index in [1.165, 1.54) is 100 Å². The third-order valence-electron chi connectivity index (χ3n) is 12.7. The first-order valence-corrected chi connectivity index (χ1v) is 21.3. The van der Waals surface area contributed by atoms with Crippen molar-refractivity contribution in [3.63, 3.8) is 0 Å². The molecule has 3 N–H and O–H groups in total. The maximum Gasteiger partial charge on any atom is 0.0737 e. The molecule has 0 saturated carbocycles. The summed E-state index contributed by atoms with van der Waals surface area (Å²) in [6, 6.07) is 27.4. The highest BCUT2D eigenvalue weighted by Gasteiger charge is 2.29. The van der Waals surface area contributed by atoms with Crippen molar-refractivity contribution >= 4 is 28.0 Å². The van der Waals surface area contributed by atoms with Gasteiger partial charge < -0.3 is 15.3 Å². The van der Waals surface area contributed by atoms with Gasteiger partial charge in [-0.05, 0) is 192 Å². The number of H-pyrrole nitrogens is 2. The van der Waals surface area contributed by atoms with Gasteiger partial charge in [0, 0.05) is 50.1 Å². The molecule has 0 aliphatic carbocycles. The highest BCUT2D eigenvalue weighted by Crippen LogP contribution is 2.40. The first-order chi connectivity index (χ1) is 28.7. The number of nitrogens with zero attached hydrogens (tertiary/aromatic N) is 1. The Morgan fingerprint density at radius 1 is 0.417 bits per heavy atom. The van der Waals surface area contributed by atoms with Gasteiger partial charge in [-0.25, -0.2) is 4.99 Å². The van der Waals surface area contributed by atoms with Crippen LogP contribution in [0.3, 0.4) is 0 Å². The number of aromatic amines is 2. The zero-order valence-corrected chi connectivity index (χ0v) is 37.3. The number of aromatic nitrogens is 2. The number of aryl methyl sites for hydroxylation is 12. The molecule has 1 unspecified atom stereocenters. The summed E-state index contributed by atoms with van der Waals surface area (Å²) in [5.41, 5.74) is 29.7. The lowest BCUT2D eigenvalue weighted by Gasteiger charge is -2.23. The minimum atomic E-state index is -0.0927. The molecule has 6 aromatic rings. The summed E-state index contributed by atoms with van der Waals surface area (Å²) < 4.78 is 0. The van der Waals surface area contributed by atoms with Gasteiger partial charge in [0.2, 0.25) is 0 Å². The molecule has 8 bridgehead atoms. The first-order valence-electron chi connectivity index (χ1n) is 21.3. The summed E-state index contributed by atoms with van der Waals surface area (Å²) >= 11 is 0. The second kappa shape index (κ2) is 14.7. The Bertz CT molecular complexity index is 3030. The van der Waals surface area contributed by atoms with E-state index in [0.29, 0.717) is 0 Å². The van der Waals surface area contributed by atoms with Crippen LogP contribution in [0.15, 0.2) is 113 Å². The number of fused-ring (bicyclic) bond motifs is 7. The minimum absolute atomic E-state index is 0.0927. The summed E-state index contributed by atoms with van der Waals surface area (Å²) in [6.45, 7) is 26.7. The number of hydrogen-bond acceptors (Lipinski definition) is 2. The third kappa shape index (κ3) is 6.59. The smallest absolute Gasteiger partial charge is 0.0737 e. The zero-order chi connectivity index (χ0) is 42.3. The van der Waals surface area contributed by atoms with Crippen molar-refractivity contribution in [2.24, 2.45) is 4.99 Å². The van der Waals surface area contributed by atoms with Crippen LogP contribution in [0.25, 0.3) is 22.3 Å². The van der Waals surface area contributed by atoms with Crippen LogP contribution < -0.4 is 16.0 Å². The van der Waals surface area contributed by atoms with Crippen LogP contribution in [0.1, 0.15) is 100 Å². The quantitative estimate of drug-likeness (QED) is 0.164. The van der Waals surface area contributed by atoms with Crippen molar-refractivity contribution in [3.05, 3.63) is 220 Å². The molecule has 2 aromatic heterocycles. The Labute approximate surface area is 355 Å². The Morgan fingerprint density at radius 3 is 1.37 bits per heavy atom. The van der Waals surface area contributed by atoms with Gasteiger partial charge in [0.05, 0.1) is 17.5 Å². The molecular weight excluding hydrogens is 729 g/mol. The van der Waals surface area contributed by atoms with Crippen LogP contribution in [0.5, 0.6) is 0 Å². The van der Waals surface area contributed by atoms with Crippen molar-refractivity contribution in [1.82, 2.24) is 15.3 Å². The van der Waals surface area contributed by atoms with Gasteiger partial charge in [-0.3, -0.25) is 0 Å². The van der Waals surface area contributed by atoms with Gasteiger partial charge in [0.15, 0.2) is 0 Å². The normalized spacial score (nSPS) is 16.1. The lowest BCUT2D eigenvalue weighted by molar-refractivity contribution is 0.852. The second-order valence-electron chi connectivity index (χ2n) is 17.8. The summed E-state index contributed by atoms with van der Waals surface area (Å²) in [6.07, 6.45) is 9.11. The van der Waals surface area contributed by atoms with Crippen LogP contribution in [0.4, 0.5) is 0 Å². The molecule has 0 radical (unpaired) electrons. The fourth-order valence-corrected chi connectivity index (χ4v) is 10.8. The predicted molar refractivity (Wildman–Crippen MR) is 253 cm³/mol. The van der Waals surface area contributed by atoms with Crippen LogP contribution in [0.2, 0.25) is 0 Å². The monoisotopic (exact) mass is 784 g/mol. The van der Waals surface area contributed by atoms with Crippen molar-refractivity contribution in [2.45, 2.75) is 89.1 Å². The molecule has 60 heavy (non-hydrogen) atoms. The Balaban J connectivity index is 1.46. The second-order valence-corrected chi connectivity index (χ2v) is 17.8. The van der Waals surface area contributed by atoms with Crippen LogP contribution >= 0.6 is 0 Å². The fraction of sp³-hybridized carbons (Fsp3) is 0.232. The molecule has 5 heterocycles. The van der Waals surface area contributed by atoms with Gasteiger partial charge in [-0.1, -0.05) is 76.9 Å². The van der Waals surface area contributed by atoms with Crippen LogP contribution in [-0.4, -0.2) is 21.7 Å².